The van der Waals surface area contributed by atoms with Gasteiger partial charge in [0.2, 0.25) is 0 Å². The van der Waals surface area contributed by atoms with Gasteiger partial charge in [-0.2, -0.15) is 0 Å². The second-order valence-electron chi connectivity index (χ2n) is 6.32. The maximum Gasteiger partial charge on any atom is 0.134 e. The molecule has 0 radical (unpaired) electrons. The summed E-state index contributed by atoms with van der Waals surface area (Å²) < 4.78 is 0. The van der Waals surface area contributed by atoms with Crippen LogP contribution in [0.15, 0.2) is 0 Å². The molecule has 2 aliphatic carbocycles. The summed E-state index contributed by atoms with van der Waals surface area (Å²) in [5.41, 5.74) is 2.75. The first-order valence-corrected chi connectivity index (χ1v) is 8.52. The van der Waals surface area contributed by atoms with Crippen LogP contribution in [0.5, 0.6) is 0 Å². The zero-order valence-corrected chi connectivity index (χ0v) is 12.7. The third-order valence-corrected chi connectivity index (χ3v) is 4.71. The third-order valence-electron chi connectivity index (χ3n) is 4.71. The van der Waals surface area contributed by atoms with Crippen LogP contribution in [-0.4, -0.2) is 16.5 Å². The first-order chi connectivity index (χ1) is 9.88. The van der Waals surface area contributed by atoms with Crippen LogP contribution in [0.3, 0.4) is 0 Å². The maximum atomic E-state index is 4.95. The van der Waals surface area contributed by atoms with Gasteiger partial charge in [-0.25, -0.2) is 9.97 Å². The summed E-state index contributed by atoms with van der Waals surface area (Å²) in [6.45, 7) is 3.23. The molecule has 3 heteroatoms. The van der Waals surface area contributed by atoms with E-state index in [1.54, 1.807) is 0 Å². The van der Waals surface area contributed by atoms with E-state index in [2.05, 4.69) is 12.2 Å². The van der Waals surface area contributed by atoms with Crippen molar-refractivity contribution in [3.05, 3.63) is 17.1 Å². The molecule has 20 heavy (non-hydrogen) atoms. The highest BCUT2D eigenvalue weighted by molar-refractivity contribution is 5.48. The molecule has 0 unspecified atom stereocenters. The lowest BCUT2D eigenvalue weighted by Gasteiger charge is -2.24. The Morgan fingerprint density at radius 3 is 2.60 bits per heavy atom. The van der Waals surface area contributed by atoms with Gasteiger partial charge in [-0.05, 0) is 44.9 Å². The van der Waals surface area contributed by atoms with Crippen LogP contribution in [0.1, 0.15) is 81.3 Å². The third kappa shape index (κ3) is 2.97. The Bertz CT molecular complexity index is 450. The number of fused-ring (bicyclic) bond motifs is 1. The molecule has 0 amide bonds. The highest BCUT2D eigenvalue weighted by atomic mass is 15.0. The number of aryl methyl sites for hydroxylation is 1. The van der Waals surface area contributed by atoms with Gasteiger partial charge in [0.25, 0.3) is 0 Å². The van der Waals surface area contributed by atoms with Crippen LogP contribution in [-0.2, 0) is 12.8 Å². The van der Waals surface area contributed by atoms with Crippen LogP contribution in [0.25, 0.3) is 0 Å². The number of aromatic nitrogens is 2. The van der Waals surface area contributed by atoms with Crippen molar-refractivity contribution in [1.29, 1.82) is 0 Å². The highest BCUT2D eigenvalue weighted by Gasteiger charge is 2.23. The van der Waals surface area contributed by atoms with Gasteiger partial charge in [-0.15, -0.1) is 0 Å². The van der Waals surface area contributed by atoms with Crippen molar-refractivity contribution in [3.63, 3.8) is 0 Å². The van der Waals surface area contributed by atoms with E-state index in [1.165, 1.54) is 56.2 Å². The summed E-state index contributed by atoms with van der Waals surface area (Å²) in [7, 11) is 0. The van der Waals surface area contributed by atoms with E-state index in [0.717, 1.165) is 37.4 Å². The highest BCUT2D eigenvalue weighted by Crippen LogP contribution is 2.33. The van der Waals surface area contributed by atoms with Crippen molar-refractivity contribution in [2.24, 2.45) is 0 Å². The van der Waals surface area contributed by atoms with Crippen LogP contribution in [0, 0.1) is 0 Å². The zero-order chi connectivity index (χ0) is 13.8. The molecule has 0 aliphatic heterocycles. The van der Waals surface area contributed by atoms with E-state index in [4.69, 9.17) is 9.97 Å². The monoisotopic (exact) mass is 273 g/mol. The lowest BCUT2D eigenvalue weighted by Crippen LogP contribution is -2.18. The average molecular weight is 273 g/mol. The fourth-order valence-electron chi connectivity index (χ4n) is 3.55. The van der Waals surface area contributed by atoms with Crippen molar-refractivity contribution in [2.45, 2.75) is 77.0 Å². The molecule has 0 saturated heterocycles. The fourth-order valence-corrected chi connectivity index (χ4v) is 3.55. The minimum atomic E-state index is 0.609. The number of nitrogens with one attached hydrogen (secondary N) is 1. The largest absolute Gasteiger partial charge is 0.370 e. The number of nitrogens with zero attached hydrogens (tertiary/aromatic N) is 2. The predicted molar refractivity (Wildman–Crippen MR) is 83.3 cm³/mol. The molecule has 3 nitrogen and oxygen atoms in total. The predicted octanol–water partition coefficient (Wildman–Crippen LogP) is 4.23. The van der Waals surface area contributed by atoms with Crippen LogP contribution in [0.4, 0.5) is 5.82 Å². The number of hydrogen-bond donors (Lipinski definition) is 1. The average Bonchev–Trinajstić information content (AvgIpc) is 2.53. The van der Waals surface area contributed by atoms with Crippen molar-refractivity contribution in [2.75, 3.05) is 11.9 Å². The van der Waals surface area contributed by atoms with E-state index in [0.29, 0.717) is 5.92 Å². The molecule has 1 saturated carbocycles. The van der Waals surface area contributed by atoms with E-state index in [9.17, 15) is 0 Å². The van der Waals surface area contributed by atoms with E-state index in [-0.39, 0.29) is 0 Å². The van der Waals surface area contributed by atoms with Crippen LogP contribution >= 0.6 is 0 Å². The lowest BCUT2D eigenvalue weighted by molar-refractivity contribution is 0.426. The van der Waals surface area contributed by atoms with Crippen molar-refractivity contribution in [1.82, 2.24) is 9.97 Å². The van der Waals surface area contributed by atoms with E-state index < -0.39 is 0 Å². The summed E-state index contributed by atoms with van der Waals surface area (Å²) in [6.07, 6.45) is 12.7. The minimum absolute atomic E-state index is 0.609. The molecule has 0 atom stereocenters. The Balaban J connectivity index is 1.89. The molecule has 1 fully saturated rings. The van der Waals surface area contributed by atoms with Crippen molar-refractivity contribution < 1.29 is 0 Å². The molecule has 0 spiro atoms. The van der Waals surface area contributed by atoms with Crippen molar-refractivity contribution in [3.8, 4) is 0 Å². The molecule has 110 valence electrons. The smallest absolute Gasteiger partial charge is 0.134 e. The van der Waals surface area contributed by atoms with Gasteiger partial charge in [0.05, 0.1) is 0 Å². The molecule has 1 heterocycles. The van der Waals surface area contributed by atoms with E-state index in [1.807, 2.05) is 0 Å². The van der Waals surface area contributed by atoms with Gasteiger partial charge in [0.15, 0.2) is 0 Å². The van der Waals surface area contributed by atoms with Gasteiger partial charge in [0, 0.05) is 23.7 Å². The summed E-state index contributed by atoms with van der Waals surface area (Å²) in [5, 5.41) is 3.55. The van der Waals surface area contributed by atoms with Gasteiger partial charge in [-0.3, -0.25) is 0 Å². The molecule has 0 aromatic carbocycles. The summed E-state index contributed by atoms with van der Waals surface area (Å²) in [4.78, 5) is 9.88. The van der Waals surface area contributed by atoms with Crippen LogP contribution in [0.2, 0.25) is 0 Å². The Hall–Kier alpha value is -1.12. The zero-order valence-electron chi connectivity index (χ0n) is 12.7. The molecular formula is C17H27N3. The summed E-state index contributed by atoms with van der Waals surface area (Å²) in [5.74, 6) is 2.89. The standard InChI is InChI=1S/C17H27N3/c1-2-12-18-17-14-10-6-7-11-15(14)19-16(20-17)13-8-4-3-5-9-13/h13H,2-12H2,1H3,(H,18,19,20). The van der Waals surface area contributed by atoms with Gasteiger partial charge < -0.3 is 5.32 Å². The number of rotatable bonds is 4. The summed E-state index contributed by atoms with van der Waals surface area (Å²) >= 11 is 0. The van der Waals surface area contributed by atoms with E-state index >= 15 is 0 Å². The quantitative estimate of drug-likeness (QED) is 0.892. The topological polar surface area (TPSA) is 37.8 Å². The maximum absolute atomic E-state index is 4.95. The Kier molecular flexibility index (Phi) is 4.54. The lowest BCUT2D eigenvalue weighted by atomic mass is 9.88. The normalized spacial score (nSPS) is 19.6. The van der Waals surface area contributed by atoms with Crippen molar-refractivity contribution >= 4 is 5.82 Å². The molecule has 2 aliphatic rings. The minimum Gasteiger partial charge on any atom is -0.370 e. The summed E-state index contributed by atoms with van der Waals surface area (Å²) in [6, 6.07) is 0. The number of hydrogen-bond acceptors (Lipinski definition) is 3. The first-order valence-electron chi connectivity index (χ1n) is 8.52. The molecule has 1 aromatic rings. The second-order valence-corrected chi connectivity index (χ2v) is 6.32. The molecule has 1 N–H and O–H groups in total. The fraction of sp³-hybridized carbons (Fsp3) is 0.765. The van der Waals surface area contributed by atoms with Crippen LogP contribution < -0.4 is 5.32 Å². The molecule has 1 aromatic heterocycles. The Morgan fingerprint density at radius 1 is 1.00 bits per heavy atom. The second kappa shape index (κ2) is 6.55. The Labute approximate surface area is 122 Å². The molecular weight excluding hydrogens is 246 g/mol. The van der Waals surface area contributed by atoms with Gasteiger partial charge in [0.1, 0.15) is 11.6 Å². The molecule has 0 bridgehead atoms. The first kappa shape index (κ1) is 13.8. The van der Waals surface area contributed by atoms with Gasteiger partial charge in [-0.1, -0.05) is 26.2 Å². The molecule has 3 rings (SSSR count). The SMILES string of the molecule is CCCNc1nc(C2CCCCC2)nc2c1CCCC2. The Morgan fingerprint density at radius 2 is 1.80 bits per heavy atom. The number of anilines is 1. The van der Waals surface area contributed by atoms with Gasteiger partial charge >= 0.3 is 0 Å².